The average molecular weight is 394 g/mol. The Bertz CT molecular complexity index is 675. The highest BCUT2D eigenvalue weighted by atomic mass is 19.1. The van der Waals surface area contributed by atoms with E-state index in [4.69, 9.17) is 0 Å². The van der Waals surface area contributed by atoms with Crippen molar-refractivity contribution in [2.75, 3.05) is 32.7 Å². The summed E-state index contributed by atoms with van der Waals surface area (Å²) in [6.07, 6.45) is 3.92. The Labute approximate surface area is 164 Å². The third-order valence-corrected chi connectivity index (χ3v) is 5.32. The van der Waals surface area contributed by atoms with Gasteiger partial charge >= 0.3 is 0 Å². The van der Waals surface area contributed by atoms with Crippen LogP contribution in [0.3, 0.4) is 0 Å². The highest BCUT2D eigenvalue weighted by Crippen LogP contribution is 2.16. The number of carbonyl (C=O) groups excluding carboxylic acids is 2. The number of carbonyl (C=O) groups is 2. The summed E-state index contributed by atoms with van der Waals surface area (Å²) in [5.74, 6) is -1.10. The Balaban J connectivity index is 1.38. The molecule has 8 heteroatoms. The predicted molar refractivity (Wildman–Crippen MR) is 101 cm³/mol. The smallest absolute Gasteiger partial charge is 0.237 e. The second-order valence-electron chi connectivity index (χ2n) is 7.69. The van der Waals surface area contributed by atoms with Crippen LogP contribution in [-0.2, 0) is 16.1 Å². The van der Waals surface area contributed by atoms with Crippen molar-refractivity contribution >= 4 is 11.8 Å². The summed E-state index contributed by atoms with van der Waals surface area (Å²) in [7, 11) is 0. The summed E-state index contributed by atoms with van der Waals surface area (Å²) in [5.41, 5.74) is 0.394. The van der Waals surface area contributed by atoms with E-state index in [0.717, 1.165) is 51.4 Å². The van der Waals surface area contributed by atoms with Gasteiger partial charge in [-0.25, -0.2) is 8.78 Å². The van der Waals surface area contributed by atoms with Crippen molar-refractivity contribution in [3.05, 3.63) is 35.4 Å². The molecule has 2 aliphatic rings. The molecule has 2 aliphatic heterocycles. The molecular weight excluding hydrogens is 366 g/mol. The van der Waals surface area contributed by atoms with E-state index in [2.05, 4.69) is 20.9 Å². The van der Waals surface area contributed by atoms with Gasteiger partial charge in [-0.3, -0.25) is 14.5 Å². The van der Waals surface area contributed by atoms with Crippen LogP contribution >= 0.6 is 0 Å². The maximum absolute atomic E-state index is 13.2. The topological polar surface area (TPSA) is 73.5 Å². The number of benzene rings is 1. The summed E-state index contributed by atoms with van der Waals surface area (Å²) < 4.78 is 26.4. The van der Waals surface area contributed by atoms with Crippen LogP contribution in [0.1, 0.15) is 31.2 Å². The molecule has 0 radical (unpaired) electrons. The predicted octanol–water partition coefficient (Wildman–Crippen LogP) is 1.16. The Morgan fingerprint density at radius 2 is 1.89 bits per heavy atom. The molecule has 3 rings (SSSR count). The van der Waals surface area contributed by atoms with Crippen LogP contribution in [0.5, 0.6) is 0 Å². The van der Waals surface area contributed by atoms with Gasteiger partial charge in [0, 0.05) is 25.7 Å². The quantitative estimate of drug-likeness (QED) is 0.649. The molecule has 28 heavy (non-hydrogen) atoms. The Morgan fingerprint density at radius 3 is 2.61 bits per heavy atom. The molecule has 2 heterocycles. The van der Waals surface area contributed by atoms with Crippen molar-refractivity contribution in [3.8, 4) is 0 Å². The first kappa shape index (κ1) is 20.7. The molecule has 0 aliphatic carbocycles. The van der Waals surface area contributed by atoms with Crippen molar-refractivity contribution in [2.24, 2.45) is 5.92 Å². The Kier molecular flexibility index (Phi) is 7.33. The van der Waals surface area contributed by atoms with Crippen LogP contribution in [0.2, 0.25) is 0 Å². The van der Waals surface area contributed by atoms with Crippen molar-refractivity contribution in [1.82, 2.24) is 20.9 Å². The fourth-order valence-corrected chi connectivity index (χ4v) is 3.91. The lowest BCUT2D eigenvalue weighted by molar-refractivity contribution is -0.124. The number of halogens is 2. The van der Waals surface area contributed by atoms with Gasteiger partial charge in [-0.2, -0.15) is 0 Å². The molecule has 1 aromatic rings. The molecule has 154 valence electrons. The Morgan fingerprint density at radius 1 is 1.11 bits per heavy atom. The summed E-state index contributed by atoms with van der Waals surface area (Å²) in [6.45, 7) is 3.43. The second kappa shape index (κ2) is 9.93. The van der Waals surface area contributed by atoms with E-state index in [-0.39, 0.29) is 30.9 Å². The summed E-state index contributed by atoms with van der Waals surface area (Å²) in [6, 6.07) is 3.16. The number of nitrogens with zero attached hydrogens (tertiary/aromatic N) is 1. The van der Waals surface area contributed by atoms with E-state index in [1.54, 1.807) is 0 Å². The molecule has 1 aromatic carbocycles. The van der Waals surface area contributed by atoms with Crippen molar-refractivity contribution in [3.63, 3.8) is 0 Å². The molecule has 0 aromatic heterocycles. The zero-order valence-electron chi connectivity index (χ0n) is 16.0. The van der Waals surface area contributed by atoms with Crippen LogP contribution in [0.15, 0.2) is 18.2 Å². The van der Waals surface area contributed by atoms with E-state index in [9.17, 15) is 18.4 Å². The molecule has 0 saturated carbocycles. The monoisotopic (exact) mass is 394 g/mol. The lowest BCUT2D eigenvalue weighted by Crippen LogP contribution is -2.47. The van der Waals surface area contributed by atoms with E-state index in [0.29, 0.717) is 18.0 Å². The van der Waals surface area contributed by atoms with Gasteiger partial charge in [0.1, 0.15) is 11.6 Å². The number of nitrogens with one attached hydrogen (secondary N) is 3. The van der Waals surface area contributed by atoms with Crippen molar-refractivity contribution in [2.45, 2.75) is 38.3 Å². The van der Waals surface area contributed by atoms with Gasteiger partial charge in [-0.1, -0.05) is 0 Å². The van der Waals surface area contributed by atoms with E-state index in [1.807, 2.05) is 0 Å². The van der Waals surface area contributed by atoms with Crippen molar-refractivity contribution < 1.29 is 18.4 Å². The van der Waals surface area contributed by atoms with E-state index >= 15 is 0 Å². The minimum absolute atomic E-state index is 0.0645. The van der Waals surface area contributed by atoms with Crippen LogP contribution in [0, 0.1) is 17.6 Å². The first-order valence-electron chi connectivity index (χ1n) is 9.95. The number of amides is 2. The number of hydrogen-bond acceptors (Lipinski definition) is 4. The molecule has 2 saturated heterocycles. The largest absolute Gasteiger partial charge is 0.354 e. The van der Waals surface area contributed by atoms with Crippen LogP contribution < -0.4 is 16.0 Å². The number of rotatable bonds is 7. The molecule has 3 N–H and O–H groups in total. The van der Waals surface area contributed by atoms with Crippen LogP contribution in [0.25, 0.3) is 0 Å². The standard InChI is InChI=1S/C20H28F2N4O2/c21-16-7-15(8-17(22)9-16)11-24-19(27)13-26-6-2-3-14(12-26)10-25-20(28)18-4-1-5-23-18/h7-9,14,18,23H,1-6,10-13H2,(H,24,27)(H,25,28). The van der Waals surface area contributed by atoms with Gasteiger partial charge in [0.05, 0.1) is 12.6 Å². The van der Waals surface area contributed by atoms with Crippen LogP contribution in [-0.4, -0.2) is 55.5 Å². The van der Waals surface area contributed by atoms with E-state index < -0.39 is 11.6 Å². The summed E-state index contributed by atoms with van der Waals surface area (Å²) in [5, 5.41) is 8.93. The van der Waals surface area contributed by atoms with Gasteiger partial charge in [0.2, 0.25) is 11.8 Å². The lowest BCUT2D eigenvalue weighted by atomic mass is 9.98. The Hall–Kier alpha value is -2.06. The van der Waals surface area contributed by atoms with Gasteiger partial charge < -0.3 is 16.0 Å². The molecule has 6 nitrogen and oxygen atoms in total. The molecular formula is C20H28F2N4O2. The molecule has 2 amide bonds. The number of piperidine rings is 1. The second-order valence-corrected chi connectivity index (χ2v) is 7.69. The summed E-state index contributed by atoms with van der Waals surface area (Å²) in [4.78, 5) is 26.4. The lowest BCUT2D eigenvalue weighted by Gasteiger charge is -2.32. The molecule has 2 atom stereocenters. The van der Waals surface area contributed by atoms with Gasteiger partial charge in [-0.05, 0) is 62.4 Å². The highest BCUT2D eigenvalue weighted by molar-refractivity contribution is 5.82. The van der Waals surface area contributed by atoms with Crippen LogP contribution in [0.4, 0.5) is 8.78 Å². The maximum atomic E-state index is 13.2. The minimum atomic E-state index is -0.655. The zero-order chi connectivity index (χ0) is 19.9. The van der Waals surface area contributed by atoms with Gasteiger partial charge in [-0.15, -0.1) is 0 Å². The zero-order valence-corrected chi connectivity index (χ0v) is 16.0. The fourth-order valence-electron chi connectivity index (χ4n) is 3.91. The molecule has 2 fully saturated rings. The van der Waals surface area contributed by atoms with Gasteiger partial charge in [0.15, 0.2) is 0 Å². The molecule has 0 bridgehead atoms. The fraction of sp³-hybridized carbons (Fsp3) is 0.600. The highest BCUT2D eigenvalue weighted by Gasteiger charge is 2.25. The third kappa shape index (κ3) is 6.24. The average Bonchev–Trinajstić information content (AvgIpc) is 3.19. The number of hydrogen-bond donors (Lipinski definition) is 3. The minimum Gasteiger partial charge on any atom is -0.354 e. The van der Waals surface area contributed by atoms with Crippen molar-refractivity contribution in [1.29, 1.82) is 0 Å². The first-order valence-corrected chi connectivity index (χ1v) is 9.95. The molecule has 2 unspecified atom stereocenters. The van der Waals surface area contributed by atoms with E-state index in [1.165, 1.54) is 12.1 Å². The third-order valence-electron chi connectivity index (χ3n) is 5.32. The summed E-state index contributed by atoms with van der Waals surface area (Å²) >= 11 is 0. The normalized spacial score (nSPS) is 22.8. The molecule has 0 spiro atoms. The maximum Gasteiger partial charge on any atom is 0.237 e. The van der Waals surface area contributed by atoms with Gasteiger partial charge in [0.25, 0.3) is 0 Å². The SMILES string of the molecule is O=C(CN1CCCC(CNC(=O)C2CCCN2)C1)NCc1cc(F)cc(F)c1. The first-order chi connectivity index (χ1) is 13.5. The number of likely N-dealkylation sites (tertiary alicyclic amines) is 1.